The molecule has 12 N–H and O–H groups in total. The summed E-state index contributed by atoms with van der Waals surface area (Å²) in [7, 11) is 0. The van der Waals surface area contributed by atoms with E-state index in [1.165, 1.54) is 289 Å². The van der Waals surface area contributed by atoms with Gasteiger partial charge in [0.1, 0.15) is 73.2 Å². The quantitative estimate of drug-likeness (QED) is 0.0199. The summed E-state index contributed by atoms with van der Waals surface area (Å²) in [6, 6.07) is -0.989. The van der Waals surface area contributed by atoms with Crippen LogP contribution in [0.1, 0.15) is 361 Å². The average Bonchev–Trinajstić information content (AvgIpc) is 0.782. The summed E-state index contributed by atoms with van der Waals surface area (Å²) in [5.41, 5.74) is 0. The molecule has 17 unspecified atom stereocenters. The van der Waals surface area contributed by atoms with Gasteiger partial charge in [0.15, 0.2) is 18.9 Å². The minimum atomic E-state index is -1.98. The van der Waals surface area contributed by atoms with Crippen LogP contribution >= 0.6 is 0 Å². The third kappa shape index (κ3) is 43.2. The van der Waals surface area contributed by atoms with E-state index in [0.29, 0.717) is 12.8 Å². The number of carbonyl (C=O) groups excluding carboxylic acids is 1. The van der Waals surface area contributed by atoms with E-state index in [-0.39, 0.29) is 18.9 Å². The molecular weight excluding hydrogens is 1290 g/mol. The van der Waals surface area contributed by atoms with E-state index in [1.54, 1.807) is 6.08 Å². The van der Waals surface area contributed by atoms with Crippen molar-refractivity contribution >= 4 is 5.91 Å². The van der Waals surface area contributed by atoms with Crippen molar-refractivity contribution in [3.8, 4) is 0 Å². The predicted molar refractivity (Wildman–Crippen MR) is 402 cm³/mol. The highest BCUT2D eigenvalue weighted by Crippen LogP contribution is 2.33. The SMILES string of the molecule is CCCCCCCCCCCCCCCCCCCCCCCCC/C=C/CC/C=C/C(O)C(COC1OC(CO)C(OC2OC(CO)C(OC3OC(CO)C(O)C(O)C3O)C(O)C2O)C(O)C1O)NC(=O)CCCCCCCCCCCCCCCCCCCCCCCCCCCCC. The first-order chi connectivity index (χ1) is 49.3. The molecule has 3 fully saturated rings. The van der Waals surface area contributed by atoms with Gasteiger partial charge in [0, 0.05) is 6.42 Å². The van der Waals surface area contributed by atoms with Crippen LogP contribution in [0.25, 0.3) is 0 Å². The van der Waals surface area contributed by atoms with E-state index in [1.807, 2.05) is 6.08 Å². The third-order valence-corrected chi connectivity index (χ3v) is 21.3. The Bertz CT molecular complexity index is 1920. The van der Waals surface area contributed by atoms with Gasteiger partial charge in [-0.2, -0.15) is 0 Å². The maximum absolute atomic E-state index is 13.5. The summed E-state index contributed by atoms with van der Waals surface area (Å²) < 4.78 is 34.5. The van der Waals surface area contributed by atoms with Gasteiger partial charge < -0.3 is 89.9 Å². The molecule has 0 aromatic carbocycles. The Morgan fingerprint density at radius 2 is 0.634 bits per heavy atom. The topological polar surface area (TPSA) is 307 Å². The molecule has 596 valence electrons. The Hall–Kier alpha value is -1.73. The van der Waals surface area contributed by atoms with Crippen LogP contribution < -0.4 is 5.32 Å². The van der Waals surface area contributed by atoms with Crippen LogP contribution in [0.3, 0.4) is 0 Å². The first-order valence-electron chi connectivity index (χ1n) is 42.1. The molecule has 19 heteroatoms. The molecule has 19 nitrogen and oxygen atoms in total. The highest BCUT2D eigenvalue weighted by atomic mass is 16.8. The Morgan fingerprint density at radius 3 is 0.990 bits per heavy atom. The van der Waals surface area contributed by atoms with Gasteiger partial charge in [0.2, 0.25) is 5.91 Å². The van der Waals surface area contributed by atoms with Crippen molar-refractivity contribution in [3.05, 3.63) is 24.3 Å². The summed E-state index contributed by atoms with van der Waals surface area (Å²) in [6.07, 6.45) is 50.4. The van der Waals surface area contributed by atoms with Gasteiger partial charge in [-0.05, 0) is 32.1 Å². The molecule has 3 saturated heterocycles. The first kappa shape index (κ1) is 93.5. The number of rotatable bonds is 68. The van der Waals surface area contributed by atoms with Crippen molar-refractivity contribution in [3.63, 3.8) is 0 Å². The molecule has 0 aliphatic carbocycles. The van der Waals surface area contributed by atoms with Crippen molar-refractivity contribution in [2.45, 2.75) is 465 Å². The molecule has 0 aromatic rings. The van der Waals surface area contributed by atoms with E-state index in [0.717, 1.165) is 38.5 Å². The Morgan fingerprint density at radius 1 is 0.347 bits per heavy atom. The number of hydrogen-bond donors (Lipinski definition) is 12. The monoisotopic (exact) mass is 1440 g/mol. The zero-order valence-corrected chi connectivity index (χ0v) is 63.9. The summed E-state index contributed by atoms with van der Waals surface area (Å²) in [6.45, 7) is 1.79. The second-order valence-electron chi connectivity index (χ2n) is 30.3. The van der Waals surface area contributed by atoms with Crippen molar-refractivity contribution in [2.75, 3.05) is 26.4 Å². The van der Waals surface area contributed by atoms with Gasteiger partial charge in [0.05, 0.1) is 38.6 Å². The summed E-state index contributed by atoms with van der Waals surface area (Å²) in [4.78, 5) is 13.5. The van der Waals surface area contributed by atoms with Crippen molar-refractivity contribution in [2.24, 2.45) is 0 Å². The van der Waals surface area contributed by atoms with Gasteiger partial charge in [0.25, 0.3) is 0 Å². The maximum Gasteiger partial charge on any atom is 0.220 e. The molecule has 1 amide bonds. The van der Waals surface area contributed by atoms with Crippen LogP contribution in [-0.4, -0.2) is 193 Å². The minimum Gasteiger partial charge on any atom is -0.394 e. The standard InChI is InChI=1S/C82H155NO18/c1-3-5-7-9-11-13-15-17-19-21-23-25-27-29-31-32-34-35-37-39-41-43-45-47-49-51-53-55-57-59-66(87)65(83-70(88)60-58-56-54-52-50-48-46-44-42-40-38-36-33-30-28-26-24-22-20-18-16-14-12-10-8-6-4-2)64-96-80-76(94)73(91)78(68(62-85)98-80)101-82-77(95)74(92)79(69(63-86)99-82)100-81-75(93)72(90)71(89)67(61-84)97-81/h49,51,57,59,65-69,71-82,84-87,89-95H,3-48,50,52-56,58,60-64H2,1-2H3,(H,83,88)/b51-49+,59-57+. The zero-order valence-electron chi connectivity index (χ0n) is 63.9. The van der Waals surface area contributed by atoms with Crippen LogP contribution in [0, 0.1) is 0 Å². The lowest BCUT2D eigenvalue weighted by atomic mass is 9.96. The van der Waals surface area contributed by atoms with Crippen molar-refractivity contribution in [1.29, 1.82) is 0 Å². The van der Waals surface area contributed by atoms with Gasteiger partial charge >= 0.3 is 0 Å². The highest BCUT2D eigenvalue weighted by molar-refractivity contribution is 5.76. The third-order valence-electron chi connectivity index (χ3n) is 21.3. The lowest BCUT2D eigenvalue weighted by molar-refractivity contribution is -0.379. The second-order valence-corrected chi connectivity index (χ2v) is 30.3. The fourth-order valence-electron chi connectivity index (χ4n) is 14.5. The molecule has 3 rings (SSSR count). The van der Waals surface area contributed by atoms with Crippen LogP contribution in [0.5, 0.6) is 0 Å². The number of allylic oxidation sites excluding steroid dienone is 3. The molecule has 0 spiro atoms. The number of carbonyl (C=O) groups is 1. The van der Waals surface area contributed by atoms with E-state index in [4.69, 9.17) is 28.4 Å². The van der Waals surface area contributed by atoms with E-state index in [2.05, 4.69) is 31.3 Å². The van der Waals surface area contributed by atoms with E-state index >= 15 is 0 Å². The summed E-state index contributed by atoms with van der Waals surface area (Å²) in [5.74, 6) is -0.277. The smallest absolute Gasteiger partial charge is 0.220 e. The molecule has 0 bridgehead atoms. The predicted octanol–water partition coefficient (Wildman–Crippen LogP) is 14.5. The van der Waals surface area contributed by atoms with Crippen LogP contribution in [0.4, 0.5) is 0 Å². The Labute approximate surface area is 613 Å². The number of unbranched alkanes of at least 4 members (excludes halogenated alkanes) is 50. The fourth-order valence-corrected chi connectivity index (χ4v) is 14.5. The van der Waals surface area contributed by atoms with Gasteiger partial charge in [-0.15, -0.1) is 0 Å². The second kappa shape index (κ2) is 63.2. The molecule has 3 heterocycles. The molecule has 17 atom stereocenters. The lowest BCUT2D eigenvalue weighted by Crippen LogP contribution is -2.66. The molecule has 3 aliphatic rings. The Balaban J connectivity index is 1.37. The Kier molecular flexibility index (Phi) is 58.5. The minimum absolute atomic E-state index is 0.241. The number of nitrogens with one attached hydrogen (secondary N) is 1. The maximum atomic E-state index is 13.5. The van der Waals surface area contributed by atoms with Crippen LogP contribution in [0.2, 0.25) is 0 Å². The molecule has 101 heavy (non-hydrogen) atoms. The van der Waals surface area contributed by atoms with Crippen LogP contribution in [-0.2, 0) is 33.2 Å². The number of hydrogen-bond acceptors (Lipinski definition) is 18. The van der Waals surface area contributed by atoms with E-state index < -0.39 is 124 Å². The largest absolute Gasteiger partial charge is 0.394 e. The zero-order chi connectivity index (χ0) is 73.2. The van der Waals surface area contributed by atoms with Gasteiger partial charge in [-0.3, -0.25) is 4.79 Å². The normalized spacial score (nSPS) is 26.4. The van der Waals surface area contributed by atoms with Crippen molar-refractivity contribution in [1.82, 2.24) is 5.32 Å². The van der Waals surface area contributed by atoms with Gasteiger partial charge in [-0.25, -0.2) is 0 Å². The molecule has 3 aliphatic heterocycles. The number of amides is 1. The van der Waals surface area contributed by atoms with Gasteiger partial charge in [-0.1, -0.05) is 346 Å². The summed E-state index contributed by atoms with van der Waals surface area (Å²) in [5, 5.41) is 121. The molecule has 0 aromatic heterocycles. The fraction of sp³-hybridized carbons (Fsp3) is 0.939. The lowest BCUT2D eigenvalue weighted by Gasteiger charge is -2.48. The molecule has 0 radical (unpaired) electrons. The summed E-state index contributed by atoms with van der Waals surface area (Å²) >= 11 is 0. The number of aliphatic hydroxyl groups is 11. The number of ether oxygens (including phenoxy) is 6. The molecule has 0 saturated carbocycles. The van der Waals surface area contributed by atoms with Crippen LogP contribution in [0.15, 0.2) is 24.3 Å². The first-order valence-corrected chi connectivity index (χ1v) is 42.1. The van der Waals surface area contributed by atoms with E-state index in [9.17, 15) is 61.0 Å². The highest BCUT2D eigenvalue weighted by Gasteiger charge is 2.54. The van der Waals surface area contributed by atoms with Crippen molar-refractivity contribution < 1.29 is 89.4 Å². The number of aliphatic hydroxyl groups excluding tert-OH is 11. The molecular formula is C82H155NO18. The average molecular weight is 1440 g/mol.